The summed E-state index contributed by atoms with van der Waals surface area (Å²) in [7, 11) is 0. The van der Waals surface area contributed by atoms with Gasteiger partial charge in [0.15, 0.2) is 0 Å². The standard InChI is InChI=1S/C24H23N3O5/c1-2-14-31-18-8-6-17(7-9-18)22(28)20-21(19-5-3-15-32-19)27(24(30)23(20)29)12-4-11-26-13-10-25-16-26/h2-3,5-10,13,15-16,21,28H,1,4,11-12,14H2/b22-20+. The van der Waals surface area contributed by atoms with Crippen LogP contribution in [0.15, 0.2) is 84.0 Å². The van der Waals surface area contributed by atoms with Crippen LogP contribution in [0, 0.1) is 0 Å². The number of furan rings is 1. The highest BCUT2D eigenvalue weighted by atomic mass is 16.5. The highest BCUT2D eigenvalue weighted by Gasteiger charge is 2.47. The van der Waals surface area contributed by atoms with Gasteiger partial charge in [0.25, 0.3) is 11.7 Å². The summed E-state index contributed by atoms with van der Waals surface area (Å²) >= 11 is 0. The fourth-order valence-electron chi connectivity index (χ4n) is 3.72. The molecule has 4 rings (SSSR count). The molecule has 8 nitrogen and oxygen atoms in total. The van der Waals surface area contributed by atoms with E-state index in [-0.39, 0.29) is 11.3 Å². The van der Waals surface area contributed by atoms with Gasteiger partial charge >= 0.3 is 0 Å². The molecule has 3 aromatic rings. The molecule has 164 valence electrons. The SMILES string of the molecule is C=CCOc1ccc(/C(O)=C2\C(=O)C(=O)N(CCCn3ccnc3)C2c2ccco2)cc1. The Morgan fingerprint density at radius 1 is 1.22 bits per heavy atom. The van der Waals surface area contributed by atoms with E-state index >= 15 is 0 Å². The number of amides is 1. The van der Waals surface area contributed by atoms with E-state index in [1.54, 1.807) is 55.0 Å². The molecule has 1 amide bonds. The third-order valence-corrected chi connectivity index (χ3v) is 5.22. The van der Waals surface area contributed by atoms with Crippen LogP contribution in [0.5, 0.6) is 5.75 Å². The fourth-order valence-corrected chi connectivity index (χ4v) is 3.72. The van der Waals surface area contributed by atoms with Crippen LogP contribution in [-0.4, -0.2) is 44.4 Å². The number of aliphatic hydroxyl groups excluding tert-OH is 1. The Morgan fingerprint density at radius 3 is 2.69 bits per heavy atom. The van der Waals surface area contributed by atoms with Crippen LogP contribution >= 0.6 is 0 Å². The number of ketones is 1. The molecule has 1 N–H and O–H groups in total. The van der Waals surface area contributed by atoms with Crippen LogP contribution in [0.3, 0.4) is 0 Å². The largest absolute Gasteiger partial charge is 0.507 e. The van der Waals surface area contributed by atoms with Gasteiger partial charge in [-0.2, -0.15) is 0 Å². The number of aryl methyl sites for hydroxylation is 1. The molecule has 0 aliphatic carbocycles. The van der Waals surface area contributed by atoms with E-state index in [9.17, 15) is 14.7 Å². The lowest BCUT2D eigenvalue weighted by Crippen LogP contribution is -2.31. The summed E-state index contributed by atoms with van der Waals surface area (Å²) in [6.07, 6.45) is 8.93. The van der Waals surface area contributed by atoms with Gasteiger partial charge < -0.3 is 23.7 Å². The normalized spacial score (nSPS) is 17.6. The van der Waals surface area contributed by atoms with Crippen LogP contribution in [0.2, 0.25) is 0 Å². The van der Waals surface area contributed by atoms with Crippen molar-refractivity contribution in [1.82, 2.24) is 14.5 Å². The van der Waals surface area contributed by atoms with Crippen LogP contribution in [0.25, 0.3) is 5.76 Å². The quantitative estimate of drug-likeness (QED) is 0.240. The minimum Gasteiger partial charge on any atom is -0.507 e. The van der Waals surface area contributed by atoms with Gasteiger partial charge in [0, 0.05) is 31.0 Å². The van der Waals surface area contributed by atoms with E-state index in [0.29, 0.717) is 43.2 Å². The van der Waals surface area contributed by atoms with E-state index in [0.717, 1.165) is 0 Å². The first-order valence-corrected chi connectivity index (χ1v) is 10.2. The number of benzene rings is 1. The molecule has 1 saturated heterocycles. The lowest BCUT2D eigenvalue weighted by molar-refractivity contribution is -0.140. The Hall–Kier alpha value is -4.07. The highest BCUT2D eigenvalue weighted by molar-refractivity contribution is 6.46. The molecular weight excluding hydrogens is 410 g/mol. The molecule has 1 aromatic carbocycles. The highest BCUT2D eigenvalue weighted by Crippen LogP contribution is 2.39. The number of aromatic nitrogens is 2. The summed E-state index contributed by atoms with van der Waals surface area (Å²) in [5, 5.41) is 11.0. The minimum atomic E-state index is -0.801. The Morgan fingerprint density at radius 2 is 2.03 bits per heavy atom. The van der Waals surface area contributed by atoms with Gasteiger partial charge in [-0.25, -0.2) is 4.98 Å². The van der Waals surface area contributed by atoms with E-state index in [1.807, 2.05) is 10.8 Å². The Bertz CT molecular complexity index is 1120. The van der Waals surface area contributed by atoms with Crippen molar-refractivity contribution in [3.05, 3.63) is 90.9 Å². The molecule has 8 heteroatoms. The number of hydrogen-bond donors (Lipinski definition) is 1. The maximum Gasteiger partial charge on any atom is 0.295 e. The van der Waals surface area contributed by atoms with Gasteiger partial charge in [-0.05, 0) is 42.8 Å². The smallest absolute Gasteiger partial charge is 0.295 e. The zero-order chi connectivity index (χ0) is 22.5. The number of ether oxygens (including phenoxy) is 1. The minimum absolute atomic E-state index is 0.00680. The summed E-state index contributed by atoms with van der Waals surface area (Å²) in [6.45, 7) is 4.92. The van der Waals surface area contributed by atoms with Crippen molar-refractivity contribution in [2.24, 2.45) is 0 Å². The first-order chi connectivity index (χ1) is 15.6. The third-order valence-electron chi connectivity index (χ3n) is 5.22. The molecule has 1 aliphatic rings. The zero-order valence-corrected chi connectivity index (χ0v) is 17.4. The van der Waals surface area contributed by atoms with E-state index in [1.165, 1.54) is 11.2 Å². The average Bonchev–Trinajstić information content (AvgIpc) is 3.56. The van der Waals surface area contributed by atoms with E-state index in [2.05, 4.69) is 11.6 Å². The van der Waals surface area contributed by atoms with E-state index in [4.69, 9.17) is 9.15 Å². The second kappa shape index (κ2) is 9.38. The van der Waals surface area contributed by atoms with Crippen molar-refractivity contribution in [2.45, 2.75) is 19.0 Å². The van der Waals surface area contributed by atoms with Crippen molar-refractivity contribution < 1.29 is 23.8 Å². The molecule has 1 unspecified atom stereocenters. The van der Waals surface area contributed by atoms with E-state index < -0.39 is 17.7 Å². The second-order valence-electron chi connectivity index (χ2n) is 7.29. The molecule has 0 spiro atoms. The number of carbonyl (C=O) groups is 2. The number of imidazole rings is 1. The van der Waals surface area contributed by atoms with Crippen LogP contribution in [0.1, 0.15) is 23.8 Å². The van der Waals surface area contributed by atoms with Crippen molar-refractivity contribution in [3.63, 3.8) is 0 Å². The molecule has 32 heavy (non-hydrogen) atoms. The second-order valence-corrected chi connectivity index (χ2v) is 7.29. The van der Waals surface area contributed by atoms with Gasteiger partial charge in [-0.15, -0.1) is 0 Å². The molecule has 1 aliphatic heterocycles. The molecule has 0 saturated carbocycles. The average molecular weight is 433 g/mol. The summed E-state index contributed by atoms with van der Waals surface area (Å²) in [5.74, 6) is -0.636. The Balaban J connectivity index is 1.64. The zero-order valence-electron chi connectivity index (χ0n) is 17.4. The van der Waals surface area contributed by atoms with Crippen molar-refractivity contribution in [2.75, 3.05) is 13.2 Å². The molecule has 1 fully saturated rings. The predicted octanol–water partition coefficient (Wildman–Crippen LogP) is 3.55. The molecule has 3 heterocycles. The topological polar surface area (TPSA) is 97.8 Å². The fraction of sp³-hybridized carbons (Fsp3) is 0.208. The number of likely N-dealkylation sites (tertiary alicyclic amines) is 1. The number of Topliss-reactive ketones (excluding diaryl/α,β-unsaturated/α-hetero) is 1. The number of nitrogens with zero attached hydrogens (tertiary/aromatic N) is 3. The van der Waals surface area contributed by atoms with Gasteiger partial charge in [0.2, 0.25) is 0 Å². The number of hydrogen-bond acceptors (Lipinski definition) is 6. The maximum absolute atomic E-state index is 12.9. The summed E-state index contributed by atoms with van der Waals surface area (Å²) < 4.78 is 12.9. The summed E-state index contributed by atoms with van der Waals surface area (Å²) in [5.41, 5.74) is 0.413. The molecule has 1 atom stereocenters. The van der Waals surface area contributed by atoms with Crippen molar-refractivity contribution >= 4 is 17.4 Å². The Labute approximate surface area is 185 Å². The number of aliphatic hydroxyl groups is 1. The monoisotopic (exact) mass is 433 g/mol. The van der Waals surface area contributed by atoms with Crippen LogP contribution < -0.4 is 4.74 Å². The third kappa shape index (κ3) is 4.20. The molecule has 0 bridgehead atoms. The summed E-state index contributed by atoms with van der Waals surface area (Å²) in [6, 6.07) is 9.22. The molecule has 0 radical (unpaired) electrons. The first kappa shape index (κ1) is 21.2. The maximum atomic E-state index is 12.9. The predicted molar refractivity (Wildman–Crippen MR) is 117 cm³/mol. The number of carbonyl (C=O) groups excluding carboxylic acids is 2. The van der Waals surface area contributed by atoms with Gasteiger partial charge in [-0.1, -0.05) is 12.7 Å². The van der Waals surface area contributed by atoms with Crippen molar-refractivity contribution in [1.29, 1.82) is 0 Å². The van der Waals surface area contributed by atoms with Gasteiger partial charge in [0.1, 0.15) is 29.9 Å². The Kier molecular flexibility index (Phi) is 6.21. The summed E-state index contributed by atoms with van der Waals surface area (Å²) in [4.78, 5) is 31.3. The first-order valence-electron chi connectivity index (χ1n) is 10.2. The van der Waals surface area contributed by atoms with Crippen molar-refractivity contribution in [3.8, 4) is 5.75 Å². The lowest BCUT2D eigenvalue weighted by atomic mass is 9.99. The number of rotatable bonds is 9. The van der Waals surface area contributed by atoms with Crippen LogP contribution in [0.4, 0.5) is 0 Å². The van der Waals surface area contributed by atoms with Gasteiger partial charge in [-0.3, -0.25) is 9.59 Å². The van der Waals surface area contributed by atoms with Gasteiger partial charge in [0.05, 0.1) is 18.2 Å². The molecular formula is C24H23N3O5. The molecule has 2 aromatic heterocycles. The lowest BCUT2D eigenvalue weighted by Gasteiger charge is -2.23. The van der Waals surface area contributed by atoms with Crippen LogP contribution in [-0.2, 0) is 16.1 Å².